The van der Waals surface area contributed by atoms with Crippen LogP contribution in [0.4, 0.5) is 5.82 Å². The van der Waals surface area contributed by atoms with E-state index in [2.05, 4.69) is 27.8 Å². The molecule has 0 aliphatic heterocycles. The van der Waals surface area contributed by atoms with Crippen LogP contribution >= 0.6 is 11.3 Å². The third-order valence-electron chi connectivity index (χ3n) is 2.55. The molecule has 0 spiro atoms. The van der Waals surface area contributed by atoms with Crippen LogP contribution in [-0.2, 0) is 0 Å². The van der Waals surface area contributed by atoms with Crippen molar-refractivity contribution in [2.75, 3.05) is 18.4 Å². The van der Waals surface area contributed by atoms with Gasteiger partial charge in [-0.2, -0.15) is 0 Å². The molecular formula is C12H17N3S. The molecule has 0 radical (unpaired) electrons. The number of hydrogen-bond donors (Lipinski definition) is 2. The minimum Gasteiger partial charge on any atom is -0.370 e. The van der Waals surface area contributed by atoms with Crippen molar-refractivity contribution in [3.63, 3.8) is 0 Å². The zero-order valence-corrected chi connectivity index (χ0v) is 10.1. The molecule has 3 nitrogen and oxygen atoms in total. The van der Waals surface area contributed by atoms with E-state index < -0.39 is 0 Å². The van der Waals surface area contributed by atoms with Crippen LogP contribution in [0.3, 0.4) is 0 Å². The van der Waals surface area contributed by atoms with Crippen molar-refractivity contribution in [3.8, 4) is 0 Å². The van der Waals surface area contributed by atoms with E-state index in [1.54, 1.807) is 11.3 Å². The van der Waals surface area contributed by atoms with Crippen LogP contribution in [-0.4, -0.2) is 18.1 Å². The van der Waals surface area contributed by atoms with Gasteiger partial charge in [-0.3, -0.25) is 0 Å². The Morgan fingerprint density at radius 3 is 3.06 bits per heavy atom. The molecule has 0 fully saturated rings. The molecule has 0 saturated heterocycles. The first-order valence-electron chi connectivity index (χ1n) is 5.68. The van der Waals surface area contributed by atoms with Gasteiger partial charge in [0, 0.05) is 22.8 Å². The molecule has 0 atom stereocenters. The number of fused-ring (bicyclic) bond motifs is 1. The maximum Gasteiger partial charge on any atom is 0.134 e. The molecule has 0 aliphatic rings. The Morgan fingerprint density at radius 1 is 1.25 bits per heavy atom. The Kier molecular flexibility index (Phi) is 4.13. The molecule has 2 heterocycles. The molecule has 0 aliphatic carbocycles. The maximum absolute atomic E-state index is 5.45. The molecule has 0 aromatic carbocycles. The number of nitrogens with one attached hydrogen (secondary N) is 1. The summed E-state index contributed by atoms with van der Waals surface area (Å²) in [7, 11) is 0. The van der Waals surface area contributed by atoms with E-state index in [1.165, 1.54) is 16.5 Å². The highest BCUT2D eigenvalue weighted by Gasteiger charge is 2.01. The molecule has 0 amide bonds. The van der Waals surface area contributed by atoms with Crippen LogP contribution in [0.2, 0.25) is 0 Å². The average Bonchev–Trinajstić information content (AvgIpc) is 2.77. The van der Waals surface area contributed by atoms with Crippen LogP contribution in [0.25, 0.3) is 10.1 Å². The maximum atomic E-state index is 5.45. The molecule has 2 rings (SSSR count). The smallest absolute Gasteiger partial charge is 0.134 e. The molecule has 0 saturated carbocycles. The highest BCUT2D eigenvalue weighted by atomic mass is 32.1. The normalized spacial score (nSPS) is 10.8. The number of hydrogen-bond acceptors (Lipinski definition) is 4. The van der Waals surface area contributed by atoms with Gasteiger partial charge in [0.2, 0.25) is 0 Å². The number of thiophene rings is 1. The van der Waals surface area contributed by atoms with Crippen LogP contribution in [0, 0.1) is 0 Å². The van der Waals surface area contributed by atoms with Crippen molar-refractivity contribution >= 4 is 27.2 Å². The minimum atomic E-state index is 0.790. The first-order valence-corrected chi connectivity index (χ1v) is 6.56. The van der Waals surface area contributed by atoms with Crippen molar-refractivity contribution in [1.82, 2.24) is 4.98 Å². The molecule has 2 aromatic heterocycles. The summed E-state index contributed by atoms with van der Waals surface area (Å²) in [5, 5.41) is 6.72. The van der Waals surface area contributed by atoms with Gasteiger partial charge in [-0.25, -0.2) is 4.98 Å². The van der Waals surface area contributed by atoms with Gasteiger partial charge in [0.05, 0.1) is 0 Å². The van der Waals surface area contributed by atoms with Crippen LogP contribution < -0.4 is 11.1 Å². The Bertz CT molecular complexity index is 439. The second-order valence-electron chi connectivity index (χ2n) is 3.77. The lowest BCUT2D eigenvalue weighted by atomic mass is 10.2. The third kappa shape index (κ3) is 2.71. The number of rotatable bonds is 6. The predicted octanol–water partition coefficient (Wildman–Crippen LogP) is 2.84. The standard InChI is InChI=1S/C12H17N3S/c13-6-2-1-3-7-14-12-10-5-9-16-11(10)4-8-15-12/h4-5,8-9H,1-3,6-7,13H2,(H,14,15). The van der Waals surface area contributed by atoms with Gasteiger partial charge in [0.15, 0.2) is 0 Å². The number of pyridine rings is 1. The van der Waals surface area contributed by atoms with Gasteiger partial charge in [0.1, 0.15) is 5.82 Å². The van der Waals surface area contributed by atoms with Crippen LogP contribution in [0.1, 0.15) is 19.3 Å². The average molecular weight is 235 g/mol. The summed E-state index contributed by atoms with van der Waals surface area (Å²) >= 11 is 1.75. The van der Waals surface area contributed by atoms with Crippen molar-refractivity contribution < 1.29 is 0 Å². The first kappa shape index (κ1) is 11.4. The number of anilines is 1. The van der Waals surface area contributed by atoms with Gasteiger partial charge < -0.3 is 11.1 Å². The summed E-state index contributed by atoms with van der Waals surface area (Å²) in [5.74, 6) is 1.01. The first-order chi connectivity index (χ1) is 7.92. The molecule has 0 unspecified atom stereocenters. The highest BCUT2D eigenvalue weighted by molar-refractivity contribution is 7.17. The van der Waals surface area contributed by atoms with Gasteiger partial charge in [0.25, 0.3) is 0 Å². The summed E-state index contributed by atoms with van der Waals surface area (Å²) in [6.45, 7) is 1.76. The third-order valence-corrected chi connectivity index (χ3v) is 3.44. The fourth-order valence-electron chi connectivity index (χ4n) is 1.69. The summed E-state index contributed by atoms with van der Waals surface area (Å²) in [4.78, 5) is 4.37. The Labute approximate surface area is 99.7 Å². The summed E-state index contributed by atoms with van der Waals surface area (Å²) < 4.78 is 1.29. The van der Waals surface area contributed by atoms with Crippen LogP contribution in [0.5, 0.6) is 0 Å². The van der Waals surface area contributed by atoms with Crippen molar-refractivity contribution in [2.45, 2.75) is 19.3 Å². The van der Waals surface area contributed by atoms with E-state index in [-0.39, 0.29) is 0 Å². The second-order valence-corrected chi connectivity index (χ2v) is 4.72. The van der Waals surface area contributed by atoms with Gasteiger partial charge >= 0.3 is 0 Å². The Balaban J connectivity index is 1.91. The zero-order chi connectivity index (χ0) is 11.2. The fraction of sp³-hybridized carbons (Fsp3) is 0.417. The molecule has 3 N–H and O–H groups in total. The number of nitrogens with two attached hydrogens (primary N) is 1. The number of nitrogens with zero attached hydrogens (tertiary/aromatic N) is 1. The fourth-order valence-corrected chi connectivity index (χ4v) is 2.47. The second kappa shape index (κ2) is 5.82. The zero-order valence-electron chi connectivity index (χ0n) is 9.28. The lowest BCUT2D eigenvalue weighted by Crippen LogP contribution is -2.05. The lowest BCUT2D eigenvalue weighted by Gasteiger charge is -2.06. The van der Waals surface area contributed by atoms with E-state index in [9.17, 15) is 0 Å². The van der Waals surface area contributed by atoms with E-state index in [1.807, 2.05) is 6.20 Å². The SMILES string of the molecule is NCCCCCNc1nccc2sccc12. The van der Waals surface area contributed by atoms with Gasteiger partial charge in [-0.15, -0.1) is 11.3 Å². The van der Waals surface area contributed by atoms with E-state index in [4.69, 9.17) is 5.73 Å². The predicted molar refractivity (Wildman–Crippen MR) is 71.0 cm³/mol. The van der Waals surface area contributed by atoms with Gasteiger partial charge in [-0.05, 0) is 36.9 Å². The van der Waals surface area contributed by atoms with Crippen molar-refractivity contribution in [3.05, 3.63) is 23.7 Å². The quantitative estimate of drug-likeness (QED) is 0.757. The molecule has 4 heteroatoms. The molecule has 0 bridgehead atoms. The van der Waals surface area contributed by atoms with Crippen LogP contribution in [0.15, 0.2) is 23.7 Å². The summed E-state index contributed by atoms with van der Waals surface area (Å²) in [6, 6.07) is 4.18. The van der Waals surface area contributed by atoms with E-state index in [0.717, 1.165) is 31.7 Å². The van der Waals surface area contributed by atoms with Gasteiger partial charge in [-0.1, -0.05) is 6.42 Å². The highest BCUT2D eigenvalue weighted by Crippen LogP contribution is 2.25. The molecular weight excluding hydrogens is 218 g/mol. The monoisotopic (exact) mass is 235 g/mol. The van der Waals surface area contributed by atoms with Crippen molar-refractivity contribution in [2.24, 2.45) is 5.73 Å². The minimum absolute atomic E-state index is 0.790. The largest absolute Gasteiger partial charge is 0.370 e. The number of aromatic nitrogens is 1. The molecule has 2 aromatic rings. The molecule has 86 valence electrons. The molecule has 16 heavy (non-hydrogen) atoms. The van der Waals surface area contributed by atoms with E-state index >= 15 is 0 Å². The number of unbranched alkanes of at least 4 members (excludes halogenated alkanes) is 2. The Hall–Kier alpha value is -1.13. The Morgan fingerprint density at radius 2 is 2.19 bits per heavy atom. The topological polar surface area (TPSA) is 50.9 Å². The van der Waals surface area contributed by atoms with E-state index in [0.29, 0.717) is 0 Å². The summed E-state index contributed by atoms with van der Waals surface area (Å²) in [5.41, 5.74) is 5.45. The van der Waals surface area contributed by atoms with Crippen molar-refractivity contribution in [1.29, 1.82) is 0 Å². The lowest BCUT2D eigenvalue weighted by molar-refractivity contribution is 0.706. The summed E-state index contributed by atoms with van der Waals surface area (Å²) in [6.07, 6.45) is 5.31.